The molecule has 0 amide bonds. The van der Waals surface area contributed by atoms with E-state index in [0.29, 0.717) is 12.2 Å². The van der Waals surface area contributed by atoms with Crippen LogP contribution >= 0.6 is 0 Å². The normalized spacial score (nSPS) is 30.5. The first-order valence-corrected chi connectivity index (χ1v) is 9.12. The monoisotopic (exact) mass is 271 g/mol. The van der Waals surface area contributed by atoms with E-state index >= 15 is 0 Å². The van der Waals surface area contributed by atoms with Gasteiger partial charge >= 0.3 is 9.28 Å². The Bertz CT molecular complexity index is 229. The first-order valence-electron chi connectivity index (χ1n) is 7.60. The van der Waals surface area contributed by atoms with Crippen molar-refractivity contribution in [3.8, 4) is 0 Å². The third-order valence-corrected chi connectivity index (χ3v) is 5.55. The van der Waals surface area contributed by atoms with E-state index in [0.717, 1.165) is 38.0 Å². The largest absolute Gasteiger partial charge is 0.393 e. The highest BCUT2D eigenvalue weighted by Crippen LogP contribution is 2.41. The van der Waals surface area contributed by atoms with Gasteiger partial charge in [0.2, 0.25) is 0 Å². The minimum Gasteiger partial charge on any atom is -0.393 e. The molecule has 2 aliphatic rings. The minimum atomic E-state index is -1.01. The lowest BCUT2D eigenvalue weighted by Gasteiger charge is -2.21. The molecule has 2 rings (SSSR count). The summed E-state index contributed by atoms with van der Waals surface area (Å²) in [4.78, 5) is 0. The van der Waals surface area contributed by atoms with E-state index in [1.54, 1.807) is 0 Å². The topological polar surface area (TPSA) is 31.0 Å². The first-order chi connectivity index (χ1) is 8.83. The molecular formula is C14H27O3Si. The molecule has 0 spiro atoms. The van der Waals surface area contributed by atoms with Gasteiger partial charge in [-0.3, -0.25) is 0 Å². The Balaban J connectivity index is 1.63. The average molecular weight is 271 g/mol. The lowest BCUT2D eigenvalue weighted by Crippen LogP contribution is -2.25. The highest BCUT2D eigenvalue weighted by atomic mass is 28.3. The van der Waals surface area contributed by atoms with Gasteiger partial charge in [0.1, 0.15) is 0 Å². The molecule has 0 aromatic rings. The van der Waals surface area contributed by atoms with Crippen LogP contribution in [0.15, 0.2) is 0 Å². The number of epoxide rings is 1. The summed E-state index contributed by atoms with van der Waals surface area (Å²) in [6.45, 7) is 6.03. The van der Waals surface area contributed by atoms with Crippen molar-refractivity contribution in [2.24, 2.45) is 5.92 Å². The fraction of sp³-hybridized carbons (Fsp3) is 1.00. The van der Waals surface area contributed by atoms with Crippen LogP contribution in [0.3, 0.4) is 0 Å². The van der Waals surface area contributed by atoms with Crippen LogP contribution in [-0.4, -0.2) is 34.7 Å². The van der Waals surface area contributed by atoms with E-state index in [1.165, 1.54) is 25.7 Å². The van der Waals surface area contributed by atoms with Gasteiger partial charge in [-0.15, -0.1) is 0 Å². The van der Waals surface area contributed by atoms with Crippen LogP contribution < -0.4 is 0 Å². The van der Waals surface area contributed by atoms with Gasteiger partial charge in [0.15, 0.2) is 0 Å². The summed E-state index contributed by atoms with van der Waals surface area (Å²) in [5.74, 6) is 0.851. The fourth-order valence-corrected chi connectivity index (χ4v) is 4.57. The summed E-state index contributed by atoms with van der Waals surface area (Å²) < 4.78 is 17.3. The predicted molar refractivity (Wildman–Crippen MR) is 73.7 cm³/mol. The Labute approximate surface area is 113 Å². The summed E-state index contributed by atoms with van der Waals surface area (Å²) in [5, 5.41) is 0. The van der Waals surface area contributed by atoms with Gasteiger partial charge in [0.05, 0.1) is 12.2 Å². The molecule has 105 valence electrons. The van der Waals surface area contributed by atoms with Crippen LogP contribution in [0, 0.1) is 5.92 Å². The van der Waals surface area contributed by atoms with Gasteiger partial charge in [-0.2, -0.15) is 0 Å². The summed E-state index contributed by atoms with van der Waals surface area (Å²) in [7, 11) is -1.01. The first kappa shape index (κ1) is 14.5. The lowest BCUT2D eigenvalue weighted by atomic mass is 9.88. The molecule has 1 aliphatic heterocycles. The molecule has 0 aromatic heterocycles. The molecule has 0 N–H and O–H groups in total. The summed E-state index contributed by atoms with van der Waals surface area (Å²) in [5.41, 5.74) is 0. The average Bonchev–Trinajstić information content (AvgIpc) is 3.16. The Kier molecular flexibility index (Phi) is 6.15. The summed E-state index contributed by atoms with van der Waals surface area (Å²) in [6, 6.07) is 1.15. The van der Waals surface area contributed by atoms with Crippen molar-refractivity contribution in [3.05, 3.63) is 0 Å². The maximum Gasteiger partial charge on any atom is 0.384 e. The summed E-state index contributed by atoms with van der Waals surface area (Å²) in [6.07, 6.45) is 8.58. The number of hydrogen-bond donors (Lipinski definition) is 0. The van der Waals surface area contributed by atoms with Gasteiger partial charge in [-0.25, -0.2) is 0 Å². The van der Waals surface area contributed by atoms with E-state index in [1.807, 2.05) is 0 Å². The van der Waals surface area contributed by atoms with Crippen molar-refractivity contribution in [1.82, 2.24) is 0 Å². The standard InChI is InChI=1S/C14H27O3Si/c1-3-8-15-18(16-9-4-2)10-7-12-5-6-13-14(11-12)17-13/h12-14H,3-11H2,1-2H3. The second-order valence-corrected chi connectivity index (χ2v) is 7.32. The molecule has 0 aromatic carbocycles. The molecule has 0 bridgehead atoms. The lowest BCUT2D eigenvalue weighted by molar-refractivity contribution is 0.193. The molecule has 1 radical (unpaired) electrons. The van der Waals surface area contributed by atoms with Crippen molar-refractivity contribution in [1.29, 1.82) is 0 Å². The van der Waals surface area contributed by atoms with Gasteiger partial charge in [-0.05, 0) is 50.5 Å². The SMILES string of the molecule is CCCO[Si](CCC1CCC2OC2C1)OCCC. The van der Waals surface area contributed by atoms with Crippen LogP contribution in [0.2, 0.25) is 6.04 Å². The molecule has 1 saturated heterocycles. The second kappa shape index (κ2) is 7.63. The van der Waals surface area contributed by atoms with E-state index in [-0.39, 0.29) is 0 Å². The van der Waals surface area contributed by atoms with E-state index in [2.05, 4.69) is 13.8 Å². The molecule has 4 heteroatoms. The van der Waals surface area contributed by atoms with Crippen molar-refractivity contribution >= 4 is 9.28 Å². The Morgan fingerprint density at radius 3 is 2.39 bits per heavy atom. The molecule has 3 unspecified atom stereocenters. The van der Waals surface area contributed by atoms with Crippen LogP contribution in [-0.2, 0) is 13.6 Å². The van der Waals surface area contributed by atoms with Crippen LogP contribution in [0.1, 0.15) is 52.4 Å². The maximum atomic E-state index is 5.87. The van der Waals surface area contributed by atoms with Crippen molar-refractivity contribution in [2.45, 2.75) is 70.6 Å². The number of hydrogen-bond acceptors (Lipinski definition) is 3. The zero-order valence-corrected chi connectivity index (χ0v) is 12.8. The smallest absolute Gasteiger partial charge is 0.384 e. The van der Waals surface area contributed by atoms with Crippen molar-refractivity contribution < 1.29 is 13.6 Å². The highest BCUT2D eigenvalue weighted by Gasteiger charge is 2.43. The van der Waals surface area contributed by atoms with Crippen LogP contribution in [0.4, 0.5) is 0 Å². The quantitative estimate of drug-likeness (QED) is 0.476. The van der Waals surface area contributed by atoms with Crippen LogP contribution in [0.5, 0.6) is 0 Å². The zero-order chi connectivity index (χ0) is 12.8. The van der Waals surface area contributed by atoms with E-state index < -0.39 is 9.28 Å². The van der Waals surface area contributed by atoms with Gasteiger partial charge in [-0.1, -0.05) is 13.8 Å². The Hall–Kier alpha value is 0.0969. The third-order valence-electron chi connectivity index (χ3n) is 3.80. The number of fused-ring (bicyclic) bond motifs is 1. The Morgan fingerprint density at radius 2 is 1.78 bits per heavy atom. The number of ether oxygens (including phenoxy) is 1. The van der Waals surface area contributed by atoms with E-state index in [9.17, 15) is 0 Å². The highest BCUT2D eigenvalue weighted by molar-refractivity contribution is 6.44. The van der Waals surface area contributed by atoms with Crippen molar-refractivity contribution in [2.75, 3.05) is 13.2 Å². The second-order valence-electron chi connectivity index (χ2n) is 5.50. The predicted octanol–water partition coefficient (Wildman–Crippen LogP) is 3.29. The molecule has 1 heterocycles. The van der Waals surface area contributed by atoms with Gasteiger partial charge < -0.3 is 13.6 Å². The fourth-order valence-electron chi connectivity index (χ4n) is 2.69. The van der Waals surface area contributed by atoms with Gasteiger partial charge in [0, 0.05) is 13.2 Å². The van der Waals surface area contributed by atoms with Gasteiger partial charge in [0.25, 0.3) is 0 Å². The molecule has 18 heavy (non-hydrogen) atoms. The maximum absolute atomic E-state index is 5.87. The molecule has 3 atom stereocenters. The zero-order valence-electron chi connectivity index (χ0n) is 11.8. The molecule has 1 saturated carbocycles. The van der Waals surface area contributed by atoms with Crippen LogP contribution in [0.25, 0.3) is 0 Å². The third kappa shape index (κ3) is 4.65. The van der Waals surface area contributed by atoms with Crippen molar-refractivity contribution in [3.63, 3.8) is 0 Å². The molecule has 3 nitrogen and oxygen atoms in total. The molecule has 2 fully saturated rings. The minimum absolute atomic E-state index is 0.604. The molecular weight excluding hydrogens is 244 g/mol. The van der Waals surface area contributed by atoms with E-state index in [4.69, 9.17) is 13.6 Å². The number of rotatable bonds is 9. The molecule has 1 aliphatic carbocycles. The Morgan fingerprint density at radius 1 is 1.06 bits per heavy atom. The summed E-state index contributed by atoms with van der Waals surface area (Å²) >= 11 is 0.